The molecular weight excluding hydrogens is 366 g/mol. The fourth-order valence-electron chi connectivity index (χ4n) is 3.41. The van der Waals surface area contributed by atoms with Crippen molar-refractivity contribution in [2.75, 3.05) is 0 Å². The van der Waals surface area contributed by atoms with Gasteiger partial charge < -0.3 is 0 Å². The zero-order valence-electron chi connectivity index (χ0n) is 14.2. The summed E-state index contributed by atoms with van der Waals surface area (Å²) in [5.74, 6) is 0. The molecular formula is C21H18ClNO2S. The first-order chi connectivity index (χ1) is 12.5. The van der Waals surface area contributed by atoms with Gasteiger partial charge in [0.05, 0.1) is 16.3 Å². The van der Waals surface area contributed by atoms with E-state index in [4.69, 9.17) is 11.6 Å². The largest absolute Gasteiger partial charge is 0.241 e. The monoisotopic (exact) mass is 383 g/mol. The standard InChI is InChI=1S/C21H18ClNO2S/c1-14-10-12-15(13-11-14)26(24,25)23-21-19-9-5-3-7-17(19)16-6-2-4-8-18(16)20(21)22/h2-13,20-21,23H,1H3/t20-,21-/m1/s1. The third-order valence-corrected chi connectivity index (χ3v) is 6.69. The van der Waals surface area contributed by atoms with E-state index >= 15 is 0 Å². The van der Waals surface area contributed by atoms with Crippen LogP contribution in [-0.4, -0.2) is 8.42 Å². The summed E-state index contributed by atoms with van der Waals surface area (Å²) in [7, 11) is -3.69. The third-order valence-electron chi connectivity index (χ3n) is 4.75. The van der Waals surface area contributed by atoms with Gasteiger partial charge in [0.25, 0.3) is 0 Å². The number of benzene rings is 3. The Morgan fingerprint density at radius 2 is 1.35 bits per heavy atom. The Balaban J connectivity index is 1.79. The second-order valence-electron chi connectivity index (χ2n) is 6.49. The highest BCUT2D eigenvalue weighted by Gasteiger charge is 2.35. The van der Waals surface area contributed by atoms with Crippen molar-refractivity contribution in [3.63, 3.8) is 0 Å². The molecule has 0 saturated heterocycles. The Labute approximate surface area is 158 Å². The topological polar surface area (TPSA) is 46.2 Å². The quantitative estimate of drug-likeness (QED) is 0.648. The van der Waals surface area contributed by atoms with Crippen LogP contribution in [-0.2, 0) is 10.0 Å². The van der Waals surface area contributed by atoms with E-state index in [1.807, 2.05) is 55.5 Å². The van der Waals surface area contributed by atoms with Gasteiger partial charge in [-0.15, -0.1) is 11.6 Å². The SMILES string of the molecule is Cc1ccc(S(=O)(=O)N[C@@H]2c3ccccc3-c3ccccc3[C@H]2Cl)cc1. The van der Waals surface area contributed by atoms with Gasteiger partial charge in [-0.1, -0.05) is 66.2 Å². The Hall–Kier alpha value is -2.14. The minimum absolute atomic E-state index is 0.239. The summed E-state index contributed by atoms with van der Waals surface area (Å²) in [6.45, 7) is 1.92. The molecule has 1 aliphatic carbocycles. The molecule has 0 bridgehead atoms. The number of sulfonamides is 1. The lowest BCUT2D eigenvalue weighted by atomic mass is 9.82. The third kappa shape index (κ3) is 2.94. The summed E-state index contributed by atoms with van der Waals surface area (Å²) in [6.07, 6.45) is 0. The molecule has 3 nitrogen and oxygen atoms in total. The highest BCUT2D eigenvalue weighted by Crippen LogP contribution is 2.47. The minimum atomic E-state index is -3.69. The van der Waals surface area contributed by atoms with Crippen LogP contribution in [0.15, 0.2) is 77.7 Å². The van der Waals surface area contributed by atoms with Crippen LogP contribution in [0.2, 0.25) is 0 Å². The highest BCUT2D eigenvalue weighted by molar-refractivity contribution is 7.89. The molecule has 0 saturated carbocycles. The van der Waals surface area contributed by atoms with Crippen LogP contribution in [0, 0.1) is 6.92 Å². The second kappa shape index (κ2) is 6.54. The van der Waals surface area contributed by atoms with Crippen molar-refractivity contribution >= 4 is 21.6 Å². The fourth-order valence-corrected chi connectivity index (χ4v) is 5.10. The molecule has 0 amide bonds. The van der Waals surface area contributed by atoms with E-state index in [9.17, 15) is 8.42 Å². The highest BCUT2D eigenvalue weighted by atomic mass is 35.5. The molecule has 1 aliphatic rings. The molecule has 3 aromatic carbocycles. The molecule has 0 fully saturated rings. The average molecular weight is 384 g/mol. The number of halogens is 1. The Morgan fingerprint density at radius 1 is 0.808 bits per heavy atom. The lowest BCUT2D eigenvalue weighted by Crippen LogP contribution is -2.33. The number of nitrogens with one attached hydrogen (secondary N) is 1. The summed E-state index contributed by atoms with van der Waals surface area (Å²) in [5.41, 5.74) is 4.90. The average Bonchev–Trinajstić information content (AvgIpc) is 2.65. The lowest BCUT2D eigenvalue weighted by molar-refractivity contribution is 0.548. The van der Waals surface area contributed by atoms with Crippen molar-refractivity contribution in [3.05, 3.63) is 89.5 Å². The van der Waals surface area contributed by atoms with E-state index in [-0.39, 0.29) is 4.90 Å². The summed E-state index contributed by atoms with van der Waals surface area (Å²) in [4.78, 5) is 0.239. The first kappa shape index (κ1) is 17.3. The Kier molecular flexibility index (Phi) is 4.35. The van der Waals surface area contributed by atoms with Crippen LogP contribution in [0.3, 0.4) is 0 Å². The zero-order chi connectivity index (χ0) is 18.3. The minimum Gasteiger partial charge on any atom is -0.207 e. The number of hydrogen-bond acceptors (Lipinski definition) is 2. The molecule has 3 aromatic rings. The summed E-state index contributed by atoms with van der Waals surface area (Å²) in [6, 6.07) is 21.9. The Morgan fingerprint density at radius 3 is 2.00 bits per heavy atom. The van der Waals surface area contributed by atoms with Crippen LogP contribution in [0.4, 0.5) is 0 Å². The predicted molar refractivity (Wildman–Crippen MR) is 105 cm³/mol. The van der Waals surface area contributed by atoms with Crippen LogP contribution in [0.1, 0.15) is 28.1 Å². The molecule has 1 N–H and O–H groups in total. The molecule has 0 spiro atoms. The van der Waals surface area contributed by atoms with Crippen molar-refractivity contribution in [3.8, 4) is 11.1 Å². The maximum absolute atomic E-state index is 12.9. The number of aryl methyl sites for hydroxylation is 1. The van der Waals surface area contributed by atoms with E-state index in [1.165, 1.54) is 0 Å². The van der Waals surface area contributed by atoms with Gasteiger partial charge in [-0.05, 0) is 41.3 Å². The molecule has 0 heterocycles. The normalized spacial score (nSPS) is 18.8. The van der Waals surface area contributed by atoms with Crippen molar-refractivity contribution in [1.82, 2.24) is 4.72 Å². The molecule has 0 aliphatic heterocycles. The van der Waals surface area contributed by atoms with E-state index in [0.29, 0.717) is 0 Å². The van der Waals surface area contributed by atoms with E-state index in [1.54, 1.807) is 24.3 Å². The molecule has 5 heteroatoms. The van der Waals surface area contributed by atoms with Crippen molar-refractivity contribution in [2.45, 2.75) is 23.2 Å². The number of alkyl halides is 1. The molecule has 4 rings (SSSR count). The molecule has 26 heavy (non-hydrogen) atoms. The van der Waals surface area contributed by atoms with Gasteiger partial charge in [-0.25, -0.2) is 13.1 Å². The van der Waals surface area contributed by atoms with E-state index < -0.39 is 21.4 Å². The van der Waals surface area contributed by atoms with Crippen LogP contribution in [0.5, 0.6) is 0 Å². The maximum atomic E-state index is 12.9. The lowest BCUT2D eigenvalue weighted by Gasteiger charge is -2.32. The number of fused-ring (bicyclic) bond motifs is 3. The number of rotatable bonds is 3. The van der Waals surface area contributed by atoms with E-state index in [2.05, 4.69) is 4.72 Å². The van der Waals surface area contributed by atoms with Crippen molar-refractivity contribution in [2.24, 2.45) is 0 Å². The van der Waals surface area contributed by atoms with Crippen LogP contribution >= 0.6 is 11.6 Å². The van der Waals surface area contributed by atoms with Crippen LogP contribution in [0.25, 0.3) is 11.1 Å². The van der Waals surface area contributed by atoms with Gasteiger partial charge in [0, 0.05) is 0 Å². The van der Waals surface area contributed by atoms with Crippen molar-refractivity contribution in [1.29, 1.82) is 0 Å². The van der Waals surface area contributed by atoms with Gasteiger partial charge in [-0.2, -0.15) is 0 Å². The molecule has 0 radical (unpaired) electrons. The number of hydrogen-bond donors (Lipinski definition) is 1. The van der Waals surface area contributed by atoms with E-state index in [0.717, 1.165) is 27.8 Å². The summed E-state index contributed by atoms with van der Waals surface area (Å²) < 4.78 is 28.6. The second-order valence-corrected chi connectivity index (χ2v) is 8.67. The molecule has 0 aromatic heterocycles. The van der Waals surface area contributed by atoms with Gasteiger partial charge in [0.15, 0.2) is 0 Å². The first-order valence-corrected chi connectivity index (χ1v) is 10.3. The van der Waals surface area contributed by atoms with Gasteiger partial charge in [0.2, 0.25) is 10.0 Å². The molecule has 132 valence electrons. The zero-order valence-corrected chi connectivity index (χ0v) is 15.8. The summed E-state index contributed by atoms with van der Waals surface area (Å²) >= 11 is 6.73. The Bertz CT molecular complexity index is 1060. The predicted octanol–water partition coefficient (Wildman–Crippen LogP) is 4.98. The van der Waals surface area contributed by atoms with Gasteiger partial charge in [0.1, 0.15) is 0 Å². The first-order valence-electron chi connectivity index (χ1n) is 8.39. The van der Waals surface area contributed by atoms with Gasteiger partial charge >= 0.3 is 0 Å². The van der Waals surface area contributed by atoms with Gasteiger partial charge in [-0.3, -0.25) is 0 Å². The fraction of sp³-hybridized carbons (Fsp3) is 0.143. The van der Waals surface area contributed by atoms with Crippen LogP contribution < -0.4 is 4.72 Å². The maximum Gasteiger partial charge on any atom is 0.241 e. The molecule has 0 unspecified atom stereocenters. The summed E-state index contributed by atoms with van der Waals surface area (Å²) in [5, 5.41) is -0.485. The van der Waals surface area contributed by atoms with Crippen molar-refractivity contribution < 1.29 is 8.42 Å². The molecule has 2 atom stereocenters. The smallest absolute Gasteiger partial charge is 0.207 e.